The first-order chi connectivity index (χ1) is 6.53. The summed E-state index contributed by atoms with van der Waals surface area (Å²) in [6.45, 7) is 2.46. The zero-order valence-corrected chi connectivity index (χ0v) is 9.42. The molecule has 1 unspecified atom stereocenters. The van der Waals surface area contributed by atoms with Crippen LogP contribution in [0.2, 0.25) is 0 Å². The first-order valence-electron chi connectivity index (χ1n) is 5.07. The van der Waals surface area contributed by atoms with Crippen LogP contribution < -0.4 is 5.73 Å². The highest BCUT2D eigenvalue weighted by molar-refractivity contribution is 7.91. The minimum Gasteiger partial charge on any atom is -0.365 e. The number of sulfone groups is 1. The zero-order chi connectivity index (χ0) is 10.6. The van der Waals surface area contributed by atoms with E-state index in [1.165, 1.54) is 12.8 Å². The Bertz CT molecular complexity index is 259. The van der Waals surface area contributed by atoms with Crippen molar-refractivity contribution in [2.24, 2.45) is 11.7 Å². The molecule has 0 aliphatic heterocycles. The summed E-state index contributed by atoms with van der Waals surface area (Å²) >= 11 is 0. The molecular formula is C9H19NO3S. The molecule has 4 nitrogen and oxygen atoms in total. The van der Waals surface area contributed by atoms with Gasteiger partial charge in [0, 0.05) is 6.04 Å². The van der Waals surface area contributed by atoms with Crippen molar-refractivity contribution in [1.82, 2.24) is 0 Å². The second-order valence-electron chi connectivity index (χ2n) is 4.01. The van der Waals surface area contributed by atoms with Crippen molar-refractivity contribution in [3.05, 3.63) is 0 Å². The molecule has 2 N–H and O–H groups in total. The van der Waals surface area contributed by atoms with E-state index in [4.69, 9.17) is 10.5 Å². The summed E-state index contributed by atoms with van der Waals surface area (Å²) in [6, 6.07) is -0.260. The van der Waals surface area contributed by atoms with Gasteiger partial charge in [-0.05, 0) is 25.2 Å². The van der Waals surface area contributed by atoms with Gasteiger partial charge in [0.1, 0.15) is 5.94 Å². The maximum atomic E-state index is 11.4. The maximum absolute atomic E-state index is 11.4. The summed E-state index contributed by atoms with van der Waals surface area (Å²) in [5.41, 5.74) is 5.57. The van der Waals surface area contributed by atoms with Crippen LogP contribution in [-0.2, 0) is 14.6 Å². The van der Waals surface area contributed by atoms with Crippen molar-refractivity contribution in [1.29, 1.82) is 0 Å². The monoisotopic (exact) mass is 221 g/mol. The molecule has 14 heavy (non-hydrogen) atoms. The normalized spacial score (nSPS) is 19.6. The fourth-order valence-electron chi connectivity index (χ4n) is 1.12. The largest absolute Gasteiger partial charge is 0.365 e. The lowest BCUT2D eigenvalue weighted by Gasteiger charge is -2.09. The maximum Gasteiger partial charge on any atom is 0.175 e. The second kappa shape index (κ2) is 5.09. The Morgan fingerprint density at radius 3 is 2.64 bits per heavy atom. The molecule has 1 atom stereocenters. The van der Waals surface area contributed by atoms with Crippen molar-refractivity contribution < 1.29 is 13.2 Å². The van der Waals surface area contributed by atoms with Crippen LogP contribution in [0.25, 0.3) is 0 Å². The van der Waals surface area contributed by atoms with Gasteiger partial charge in [-0.3, -0.25) is 0 Å². The van der Waals surface area contributed by atoms with Gasteiger partial charge in [-0.1, -0.05) is 6.92 Å². The van der Waals surface area contributed by atoms with Gasteiger partial charge in [-0.2, -0.15) is 0 Å². The third-order valence-corrected chi connectivity index (χ3v) is 3.77. The summed E-state index contributed by atoms with van der Waals surface area (Å²) in [6.07, 6.45) is 3.03. The van der Waals surface area contributed by atoms with E-state index in [9.17, 15) is 8.42 Å². The average molecular weight is 221 g/mol. The van der Waals surface area contributed by atoms with Crippen LogP contribution in [-0.4, -0.2) is 32.8 Å². The number of ether oxygens (including phenoxy) is 1. The Balaban J connectivity index is 2.18. The highest BCUT2D eigenvalue weighted by atomic mass is 32.2. The fraction of sp³-hybridized carbons (Fsp3) is 1.00. The SMILES string of the molecule is CCC(N)CS(=O)(=O)COCC1CC1. The van der Waals surface area contributed by atoms with E-state index in [0.29, 0.717) is 18.9 Å². The molecule has 0 heterocycles. The second-order valence-corrected chi connectivity index (χ2v) is 6.07. The van der Waals surface area contributed by atoms with Crippen molar-refractivity contribution >= 4 is 9.84 Å². The van der Waals surface area contributed by atoms with Crippen molar-refractivity contribution in [3.63, 3.8) is 0 Å². The highest BCUT2D eigenvalue weighted by Gasteiger charge is 2.23. The number of hydrogen-bond acceptors (Lipinski definition) is 4. The molecule has 84 valence electrons. The molecule has 0 amide bonds. The topological polar surface area (TPSA) is 69.4 Å². The average Bonchev–Trinajstić information content (AvgIpc) is 2.87. The van der Waals surface area contributed by atoms with Crippen molar-refractivity contribution in [2.75, 3.05) is 18.3 Å². The third kappa shape index (κ3) is 4.93. The van der Waals surface area contributed by atoms with E-state index < -0.39 is 9.84 Å². The smallest absolute Gasteiger partial charge is 0.175 e. The van der Waals surface area contributed by atoms with Crippen LogP contribution >= 0.6 is 0 Å². The van der Waals surface area contributed by atoms with Gasteiger partial charge in [-0.15, -0.1) is 0 Å². The molecule has 1 aliphatic rings. The van der Waals surface area contributed by atoms with E-state index in [2.05, 4.69) is 0 Å². The van der Waals surface area contributed by atoms with E-state index >= 15 is 0 Å². The van der Waals surface area contributed by atoms with Gasteiger partial charge < -0.3 is 10.5 Å². The predicted molar refractivity (Wildman–Crippen MR) is 55.6 cm³/mol. The van der Waals surface area contributed by atoms with E-state index in [0.717, 1.165) is 0 Å². The number of rotatable bonds is 7. The van der Waals surface area contributed by atoms with Gasteiger partial charge >= 0.3 is 0 Å². The minimum atomic E-state index is -3.11. The molecule has 0 spiro atoms. The van der Waals surface area contributed by atoms with Gasteiger partial charge in [-0.25, -0.2) is 8.42 Å². The lowest BCUT2D eigenvalue weighted by Crippen LogP contribution is -2.30. The molecule has 0 aromatic rings. The molecular weight excluding hydrogens is 202 g/mol. The van der Waals surface area contributed by atoms with Crippen molar-refractivity contribution in [3.8, 4) is 0 Å². The van der Waals surface area contributed by atoms with Gasteiger partial charge in [0.15, 0.2) is 9.84 Å². The van der Waals surface area contributed by atoms with E-state index in [1.54, 1.807) is 0 Å². The van der Waals surface area contributed by atoms with Crippen molar-refractivity contribution in [2.45, 2.75) is 32.2 Å². The number of hydrogen-bond donors (Lipinski definition) is 1. The Morgan fingerprint density at radius 1 is 1.50 bits per heavy atom. The lowest BCUT2D eigenvalue weighted by atomic mass is 10.3. The molecule has 5 heteroatoms. The standard InChI is InChI=1S/C9H19NO3S/c1-2-9(10)6-14(11,12)7-13-5-8-3-4-8/h8-9H,2-7,10H2,1H3. The lowest BCUT2D eigenvalue weighted by molar-refractivity contribution is 0.165. The van der Waals surface area contributed by atoms with Crippen LogP contribution in [0.1, 0.15) is 26.2 Å². The summed E-state index contributed by atoms with van der Waals surface area (Å²) in [7, 11) is -3.11. The van der Waals surface area contributed by atoms with Crippen LogP contribution in [0.3, 0.4) is 0 Å². The minimum absolute atomic E-state index is 0.0359. The fourth-order valence-corrected chi connectivity index (χ4v) is 2.45. The summed E-state index contributed by atoms with van der Waals surface area (Å²) in [5, 5.41) is 0. The molecule has 1 fully saturated rings. The third-order valence-electron chi connectivity index (χ3n) is 2.31. The summed E-state index contributed by atoms with van der Waals surface area (Å²) in [4.78, 5) is 0. The molecule has 0 aromatic carbocycles. The van der Waals surface area contributed by atoms with Crippen LogP contribution in [0.4, 0.5) is 0 Å². The summed E-state index contributed by atoms with van der Waals surface area (Å²) in [5.74, 6) is 0.468. The predicted octanol–water partition coefficient (Wildman–Crippen LogP) is 0.523. The molecule has 0 aromatic heterocycles. The zero-order valence-electron chi connectivity index (χ0n) is 8.61. The Labute approximate surface area is 85.7 Å². The quantitative estimate of drug-likeness (QED) is 0.680. The number of nitrogens with two attached hydrogens (primary N) is 1. The van der Waals surface area contributed by atoms with E-state index in [1.807, 2.05) is 6.92 Å². The Morgan fingerprint density at radius 2 is 2.14 bits per heavy atom. The van der Waals surface area contributed by atoms with Crippen LogP contribution in [0.15, 0.2) is 0 Å². The van der Waals surface area contributed by atoms with E-state index in [-0.39, 0.29) is 17.7 Å². The van der Waals surface area contributed by atoms with Crippen LogP contribution in [0.5, 0.6) is 0 Å². The van der Waals surface area contributed by atoms with Gasteiger partial charge in [0.05, 0.1) is 12.4 Å². The first kappa shape index (κ1) is 11.9. The first-order valence-corrected chi connectivity index (χ1v) is 6.89. The highest BCUT2D eigenvalue weighted by Crippen LogP contribution is 2.28. The van der Waals surface area contributed by atoms with Gasteiger partial charge in [0.25, 0.3) is 0 Å². The molecule has 0 bridgehead atoms. The molecule has 0 saturated heterocycles. The Kier molecular flexibility index (Phi) is 4.34. The van der Waals surface area contributed by atoms with Gasteiger partial charge in [0.2, 0.25) is 0 Å². The molecule has 1 rings (SSSR count). The Hall–Kier alpha value is -0.130. The molecule has 0 radical (unpaired) electrons. The molecule has 1 saturated carbocycles. The molecule has 1 aliphatic carbocycles. The van der Waals surface area contributed by atoms with Crippen LogP contribution in [0, 0.1) is 5.92 Å². The summed E-state index contributed by atoms with van der Waals surface area (Å²) < 4.78 is 27.9.